The zero-order valence-corrected chi connectivity index (χ0v) is 14.5. The fraction of sp³-hybridized carbons (Fsp3) is 0. The summed E-state index contributed by atoms with van der Waals surface area (Å²) in [5, 5.41) is 18.7. The Morgan fingerprint density at radius 2 is 1.07 bits per heavy atom. The second-order valence-corrected chi connectivity index (χ2v) is 6.12. The van der Waals surface area contributed by atoms with Crippen LogP contribution in [-0.4, -0.2) is 4.57 Å². The van der Waals surface area contributed by atoms with Gasteiger partial charge in [0, 0.05) is 5.69 Å². The van der Waals surface area contributed by atoms with Gasteiger partial charge in [-0.2, -0.15) is 10.5 Å². The standard InChI is InChI=1S/C24H15N3/c25-16-20-11-12-22(15-21(20)17-26)27-23(18-7-3-1-4-8-18)13-14-24(27)19-9-5-2-6-10-19/h1-15H. The van der Waals surface area contributed by atoms with Crippen LogP contribution in [0.5, 0.6) is 0 Å². The van der Waals surface area contributed by atoms with E-state index in [-0.39, 0.29) is 0 Å². The quantitative estimate of drug-likeness (QED) is 0.488. The molecule has 3 heteroatoms. The fourth-order valence-corrected chi connectivity index (χ4v) is 3.24. The molecule has 0 amide bonds. The van der Waals surface area contributed by atoms with Crippen molar-refractivity contribution in [3.8, 4) is 40.3 Å². The molecule has 126 valence electrons. The third-order valence-electron chi connectivity index (χ3n) is 4.52. The number of benzene rings is 3. The topological polar surface area (TPSA) is 52.5 Å². The van der Waals surface area contributed by atoms with Gasteiger partial charge >= 0.3 is 0 Å². The molecular formula is C24H15N3. The smallest absolute Gasteiger partial charge is 0.101 e. The Labute approximate surface area is 158 Å². The highest BCUT2D eigenvalue weighted by molar-refractivity contribution is 5.73. The molecule has 0 atom stereocenters. The Kier molecular flexibility index (Phi) is 4.27. The summed E-state index contributed by atoms with van der Waals surface area (Å²) >= 11 is 0. The number of hydrogen-bond acceptors (Lipinski definition) is 2. The molecule has 0 N–H and O–H groups in total. The second-order valence-electron chi connectivity index (χ2n) is 6.12. The van der Waals surface area contributed by atoms with E-state index in [0.717, 1.165) is 28.2 Å². The lowest BCUT2D eigenvalue weighted by molar-refractivity contribution is 1.09. The van der Waals surface area contributed by atoms with Gasteiger partial charge in [-0.15, -0.1) is 0 Å². The van der Waals surface area contributed by atoms with Gasteiger partial charge in [-0.25, -0.2) is 0 Å². The van der Waals surface area contributed by atoms with Crippen molar-refractivity contribution in [2.75, 3.05) is 0 Å². The molecule has 1 heterocycles. The van der Waals surface area contributed by atoms with Gasteiger partial charge in [0.25, 0.3) is 0 Å². The summed E-state index contributed by atoms with van der Waals surface area (Å²) in [7, 11) is 0. The first-order chi connectivity index (χ1) is 13.3. The summed E-state index contributed by atoms with van der Waals surface area (Å²) in [6.45, 7) is 0. The third kappa shape index (κ3) is 2.99. The zero-order valence-electron chi connectivity index (χ0n) is 14.5. The van der Waals surface area contributed by atoms with Crippen molar-refractivity contribution in [3.63, 3.8) is 0 Å². The molecule has 0 aliphatic rings. The molecule has 27 heavy (non-hydrogen) atoms. The van der Waals surface area contributed by atoms with Crippen molar-refractivity contribution >= 4 is 0 Å². The van der Waals surface area contributed by atoms with Crippen LogP contribution in [0.3, 0.4) is 0 Å². The molecule has 3 nitrogen and oxygen atoms in total. The average Bonchev–Trinajstić information content (AvgIpc) is 3.19. The zero-order chi connectivity index (χ0) is 18.6. The maximum absolute atomic E-state index is 9.43. The molecule has 0 radical (unpaired) electrons. The van der Waals surface area contributed by atoms with E-state index in [1.807, 2.05) is 42.5 Å². The first-order valence-corrected chi connectivity index (χ1v) is 8.59. The molecule has 0 unspecified atom stereocenters. The molecule has 0 fully saturated rings. The summed E-state index contributed by atoms with van der Waals surface area (Å²) in [6, 6.07) is 34.0. The minimum atomic E-state index is 0.377. The molecule has 1 aromatic heterocycles. The van der Waals surface area contributed by atoms with Gasteiger partial charge in [0.15, 0.2) is 0 Å². The molecule has 4 aromatic rings. The van der Waals surface area contributed by atoms with Crippen LogP contribution >= 0.6 is 0 Å². The van der Waals surface area contributed by atoms with Gasteiger partial charge in [0.1, 0.15) is 12.1 Å². The monoisotopic (exact) mass is 345 g/mol. The largest absolute Gasteiger partial charge is 0.309 e. The normalized spacial score (nSPS) is 10.1. The summed E-state index contributed by atoms with van der Waals surface area (Å²) in [5.74, 6) is 0. The van der Waals surface area contributed by atoms with Crippen molar-refractivity contribution in [1.29, 1.82) is 10.5 Å². The van der Waals surface area contributed by atoms with E-state index in [1.54, 1.807) is 12.1 Å². The molecule has 0 aliphatic carbocycles. The van der Waals surface area contributed by atoms with Crippen molar-refractivity contribution in [2.45, 2.75) is 0 Å². The summed E-state index contributed by atoms with van der Waals surface area (Å²) in [6.07, 6.45) is 0. The van der Waals surface area contributed by atoms with E-state index in [1.165, 1.54) is 0 Å². The fourth-order valence-electron chi connectivity index (χ4n) is 3.24. The highest BCUT2D eigenvalue weighted by Crippen LogP contribution is 2.32. The van der Waals surface area contributed by atoms with Crippen molar-refractivity contribution < 1.29 is 0 Å². The summed E-state index contributed by atoms with van der Waals surface area (Å²) < 4.78 is 2.13. The molecule has 0 bridgehead atoms. The number of rotatable bonds is 3. The Morgan fingerprint density at radius 1 is 0.556 bits per heavy atom. The summed E-state index contributed by atoms with van der Waals surface area (Å²) in [4.78, 5) is 0. The molecule has 0 spiro atoms. The van der Waals surface area contributed by atoms with E-state index in [4.69, 9.17) is 0 Å². The van der Waals surface area contributed by atoms with Gasteiger partial charge in [-0.1, -0.05) is 60.7 Å². The van der Waals surface area contributed by atoms with Crippen LogP contribution in [0.4, 0.5) is 0 Å². The first kappa shape index (κ1) is 16.4. The molecule has 4 rings (SSSR count). The van der Waals surface area contributed by atoms with Crippen LogP contribution in [-0.2, 0) is 0 Å². The van der Waals surface area contributed by atoms with Crippen LogP contribution in [0, 0.1) is 22.7 Å². The lowest BCUT2D eigenvalue weighted by Crippen LogP contribution is -2.00. The first-order valence-electron chi connectivity index (χ1n) is 8.59. The van der Waals surface area contributed by atoms with E-state index in [2.05, 4.69) is 53.1 Å². The minimum Gasteiger partial charge on any atom is -0.309 e. The van der Waals surface area contributed by atoms with Crippen molar-refractivity contribution in [1.82, 2.24) is 4.57 Å². The minimum absolute atomic E-state index is 0.377. The Balaban J connectivity index is 1.99. The lowest BCUT2D eigenvalue weighted by atomic mass is 10.1. The van der Waals surface area contributed by atoms with Gasteiger partial charge in [0.2, 0.25) is 0 Å². The van der Waals surface area contributed by atoms with Gasteiger partial charge in [-0.3, -0.25) is 0 Å². The SMILES string of the molecule is N#Cc1ccc(-n2c(-c3ccccc3)ccc2-c2ccccc2)cc1C#N. The maximum Gasteiger partial charge on any atom is 0.101 e. The Bertz CT molecular complexity index is 1120. The summed E-state index contributed by atoms with van der Waals surface area (Å²) in [5.41, 5.74) is 5.85. The predicted octanol–water partition coefficient (Wildman–Crippen LogP) is 5.55. The van der Waals surface area contributed by atoms with Crippen LogP contribution in [0.1, 0.15) is 11.1 Å². The molecule has 0 saturated heterocycles. The second kappa shape index (κ2) is 7.04. The number of nitrogens with zero attached hydrogens (tertiary/aromatic N) is 3. The predicted molar refractivity (Wildman–Crippen MR) is 106 cm³/mol. The van der Waals surface area contributed by atoms with Crippen LogP contribution < -0.4 is 0 Å². The van der Waals surface area contributed by atoms with Crippen molar-refractivity contribution in [3.05, 3.63) is 102 Å². The highest BCUT2D eigenvalue weighted by Gasteiger charge is 2.14. The Morgan fingerprint density at radius 3 is 1.56 bits per heavy atom. The highest BCUT2D eigenvalue weighted by atomic mass is 15.0. The van der Waals surface area contributed by atoms with E-state index < -0.39 is 0 Å². The number of nitriles is 2. The number of hydrogen-bond donors (Lipinski definition) is 0. The third-order valence-corrected chi connectivity index (χ3v) is 4.52. The molecular weight excluding hydrogens is 330 g/mol. The average molecular weight is 345 g/mol. The molecule has 0 saturated carbocycles. The van der Waals surface area contributed by atoms with Crippen LogP contribution in [0.2, 0.25) is 0 Å². The molecule has 3 aromatic carbocycles. The van der Waals surface area contributed by atoms with E-state index in [9.17, 15) is 10.5 Å². The van der Waals surface area contributed by atoms with Crippen LogP contribution in [0.25, 0.3) is 28.2 Å². The van der Waals surface area contributed by atoms with E-state index >= 15 is 0 Å². The number of aromatic nitrogens is 1. The Hall–Kier alpha value is -4.08. The van der Waals surface area contributed by atoms with Gasteiger partial charge < -0.3 is 4.57 Å². The van der Waals surface area contributed by atoms with Gasteiger partial charge in [-0.05, 0) is 41.5 Å². The van der Waals surface area contributed by atoms with Crippen molar-refractivity contribution in [2.24, 2.45) is 0 Å². The maximum atomic E-state index is 9.43. The van der Waals surface area contributed by atoms with E-state index in [0.29, 0.717) is 11.1 Å². The van der Waals surface area contributed by atoms with Crippen LogP contribution in [0.15, 0.2) is 91.0 Å². The molecule has 0 aliphatic heterocycles. The lowest BCUT2D eigenvalue weighted by Gasteiger charge is -2.15. The van der Waals surface area contributed by atoms with Gasteiger partial charge in [0.05, 0.1) is 22.5 Å².